The van der Waals surface area contributed by atoms with Gasteiger partial charge in [0.1, 0.15) is 0 Å². The Morgan fingerprint density at radius 3 is 2.47 bits per heavy atom. The van der Waals surface area contributed by atoms with Crippen molar-refractivity contribution in [1.29, 1.82) is 0 Å². The standard InChI is InChI=1S/C14H17ClN2/c1-10-13(14(2,3)4)9-16-17(10)12-7-5-6-11(15)8-12/h5-9H,1-4H3. The van der Waals surface area contributed by atoms with Crippen molar-refractivity contribution in [2.75, 3.05) is 0 Å². The van der Waals surface area contributed by atoms with Gasteiger partial charge in [-0.25, -0.2) is 4.68 Å². The third kappa shape index (κ3) is 2.37. The lowest BCUT2D eigenvalue weighted by Crippen LogP contribution is -2.12. The number of rotatable bonds is 1. The Hall–Kier alpha value is -1.28. The van der Waals surface area contributed by atoms with Gasteiger partial charge in [-0.3, -0.25) is 0 Å². The predicted octanol–water partition coefficient (Wildman–Crippen LogP) is 4.13. The molecule has 2 aromatic rings. The van der Waals surface area contributed by atoms with Crippen LogP contribution in [0.5, 0.6) is 0 Å². The summed E-state index contributed by atoms with van der Waals surface area (Å²) in [6, 6.07) is 7.75. The van der Waals surface area contributed by atoms with Gasteiger partial charge in [-0.1, -0.05) is 38.4 Å². The molecular formula is C14H17ClN2. The first-order chi connectivity index (χ1) is 7.89. The molecule has 0 radical (unpaired) electrons. The monoisotopic (exact) mass is 248 g/mol. The lowest BCUT2D eigenvalue weighted by molar-refractivity contribution is 0.585. The van der Waals surface area contributed by atoms with Crippen molar-refractivity contribution in [2.24, 2.45) is 0 Å². The minimum atomic E-state index is 0.112. The molecule has 0 saturated carbocycles. The summed E-state index contributed by atoms with van der Waals surface area (Å²) in [5, 5.41) is 5.18. The minimum Gasteiger partial charge on any atom is -0.238 e. The summed E-state index contributed by atoms with van der Waals surface area (Å²) >= 11 is 6.00. The second-order valence-corrected chi connectivity index (χ2v) is 5.72. The van der Waals surface area contributed by atoms with Crippen molar-refractivity contribution in [1.82, 2.24) is 9.78 Å². The molecule has 0 unspecified atom stereocenters. The SMILES string of the molecule is Cc1c(C(C)(C)C)cnn1-c1cccc(Cl)c1. The van der Waals surface area contributed by atoms with Crippen LogP contribution < -0.4 is 0 Å². The minimum absolute atomic E-state index is 0.112. The molecule has 0 aliphatic carbocycles. The Labute approximate surface area is 107 Å². The summed E-state index contributed by atoms with van der Waals surface area (Å²) in [4.78, 5) is 0. The molecule has 1 aromatic carbocycles. The van der Waals surface area contributed by atoms with Crippen LogP contribution in [-0.2, 0) is 5.41 Å². The summed E-state index contributed by atoms with van der Waals surface area (Å²) in [6.45, 7) is 8.67. The lowest BCUT2D eigenvalue weighted by atomic mass is 9.87. The second-order valence-electron chi connectivity index (χ2n) is 5.29. The molecule has 0 aliphatic rings. The van der Waals surface area contributed by atoms with Crippen molar-refractivity contribution in [3.8, 4) is 5.69 Å². The molecule has 0 fully saturated rings. The first-order valence-corrected chi connectivity index (χ1v) is 6.08. The highest BCUT2D eigenvalue weighted by molar-refractivity contribution is 6.30. The van der Waals surface area contributed by atoms with Crippen molar-refractivity contribution in [3.63, 3.8) is 0 Å². The maximum Gasteiger partial charge on any atom is 0.0663 e. The highest BCUT2D eigenvalue weighted by atomic mass is 35.5. The van der Waals surface area contributed by atoms with Gasteiger partial charge in [-0.05, 0) is 36.1 Å². The topological polar surface area (TPSA) is 17.8 Å². The molecule has 0 N–H and O–H groups in total. The zero-order valence-electron chi connectivity index (χ0n) is 10.7. The molecule has 0 amide bonds. The van der Waals surface area contributed by atoms with E-state index in [1.165, 1.54) is 11.3 Å². The van der Waals surface area contributed by atoms with Crippen molar-refractivity contribution >= 4 is 11.6 Å². The van der Waals surface area contributed by atoms with Crippen LogP contribution in [0.25, 0.3) is 5.69 Å². The van der Waals surface area contributed by atoms with E-state index in [0.717, 1.165) is 10.7 Å². The molecular weight excluding hydrogens is 232 g/mol. The molecule has 2 rings (SSSR count). The van der Waals surface area contributed by atoms with Gasteiger partial charge in [0, 0.05) is 10.7 Å². The molecule has 0 atom stereocenters. The largest absolute Gasteiger partial charge is 0.238 e. The molecule has 17 heavy (non-hydrogen) atoms. The maximum absolute atomic E-state index is 6.00. The van der Waals surface area contributed by atoms with Crippen molar-refractivity contribution < 1.29 is 0 Å². The first kappa shape index (κ1) is 12.2. The van der Waals surface area contributed by atoms with Gasteiger partial charge in [0.15, 0.2) is 0 Å². The fraction of sp³-hybridized carbons (Fsp3) is 0.357. The fourth-order valence-corrected chi connectivity index (χ4v) is 2.20. The van der Waals surface area contributed by atoms with Crippen molar-refractivity contribution in [2.45, 2.75) is 33.1 Å². The molecule has 2 nitrogen and oxygen atoms in total. The highest BCUT2D eigenvalue weighted by Gasteiger charge is 2.20. The van der Waals surface area contributed by atoms with E-state index in [2.05, 4.69) is 32.8 Å². The second kappa shape index (κ2) is 4.19. The van der Waals surface area contributed by atoms with E-state index in [1.807, 2.05) is 35.1 Å². The number of aromatic nitrogens is 2. The van der Waals surface area contributed by atoms with E-state index in [0.29, 0.717) is 0 Å². The zero-order chi connectivity index (χ0) is 12.6. The van der Waals surface area contributed by atoms with E-state index < -0.39 is 0 Å². The normalized spacial score (nSPS) is 11.8. The lowest BCUT2D eigenvalue weighted by Gasteiger charge is -2.18. The van der Waals surface area contributed by atoms with Crippen LogP contribution in [0, 0.1) is 6.92 Å². The number of benzene rings is 1. The van der Waals surface area contributed by atoms with Crippen LogP contribution in [-0.4, -0.2) is 9.78 Å². The number of nitrogens with zero attached hydrogens (tertiary/aromatic N) is 2. The van der Waals surface area contributed by atoms with Crippen LogP contribution in [0.15, 0.2) is 30.5 Å². The smallest absolute Gasteiger partial charge is 0.0663 e. The van der Waals surface area contributed by atoms with Gasteiger partial charge in [-0.15, -0.1) is 0 Å². The summed E-state index contributed by atoms with van der Waals surface area (Å²) in [6.07, 6.45) is 1.94. The molecule has 0 bridgehead atoms. The van der Waals surface area contributed by atoms with Crippen LogP contribution >= 0.6 is 11.6 Å². The van der Waals surface area contributed by atoms with Crippen LogP contribution in [0.4, 0.5) is 0 Å². The third-order valence-electron chi connectivity index (χ3n) is 2.87. The summed E-state index contributed by atoms with van der Waals surface area (Å²) in [5.74, 6) is 0. The Morgan fingerprint density at radius 2 is 1.94 bits per heavy atom. The predicted molar refractivity (Wildman–Crippen MR) is 72.0 cm³/mol. The summed E-state index contributed by atoms with van der Waals surface area (Å²) in [5.41, 5.74) is 3.55. The van der Waals surface area contributed by atoms with Gasteiger partial charge < -0.3 is 0 Å². The fourth-order valence-electron chi connectivity index (χ4n) is 2.01. The molecule has 3 heteroatoms. The number of hydrogen-bond donors (Lipinski definition) is 0. The quantitative estimate of drug-likeness (QED) is 0.742. The Kier molecular flexibility index (Phi) is 3.00. The van der Waals surface area contributed by atoms with E-state index in [9.17, 15) is 0 Å². The summed E-state index contributed by atoms with van der Waals surface area (Å²) in [7, 11) is 0. The Bertz CT molecular complexity index is 535. The number of hydrogen-bond acceptors (Lipinski definition) is 1. The molecule has 1 heterocycles. The van der Waals surface area contributed by atoms with Gasteiger partial charge in [0.2, 0.25) is 0 Å². The average Bonchev–Trinajstić information content (AvgIpc) is 2.59. The highest BCUT2D eigenvalue weighted by Crippen LogP contribution is 2.27. The van der Waals surface area contributed by atoms with Crippen LogP contribution in [0.3, 0.4) is 0 Å². The van der Waals surface area contributed by atoms with Crippen LogP contribution in [0.2, 0.25) is 5.02 Å². The van der Waals surface area contributed by atoms with E-state index in [1.54, 1.807) is 0 Å². The van der Waals surface area contributed by atoms with Gasteiger partial charge in [0.05, 0.1) is 11.9 Å². The molecule has 1 aromatic heterocycles. The van der Waals surface area contributed by atoms with E-state index in [-0.39, 0.29) is 5.41 Å². The van der Waals surface area contributed by atoms with E-state index >= 15 is 0 Å². The van der Waals surface area contributed by atoms with Gasteiger partial charge >= 0.3 is 0 Å². The maximum atomic E-state index is 6.00. The van der Waals surface area contributed by atoms with Crippen LogP contribution in [0.1, 0.15) is 32.0 Å². The zero-order valence-corrected chi connectivity index (χ0v) is 11.4. The molecule has 0 aliphatic heterocycles. The Balaban J connectivity index is 2.52. The molecule has 0 saturated heterocycles. The average molecular weight is 249 g/mol. The van der Waals surface area contributed by atoms with Crippen molar-refractivity contribution in [3.05, 3.63) is 46.7 Å². The van der Waals surface area contributed by atoms with Gasteiger partial charge in [0.25, 0.3) is 0 Å². The van der Waals surface area contributed by atoms with E-state index in [4.69, 9.17) is 11.6 Å². The Morgan fingerprint density at radius 1 is 1.24 bits per heavy atom. The molecule has 0 spiro atoms. The third-order valence-corrected chi connectivity index (χ3v) is 3.11. The summed E-state index contributed by atoms with van der Waals surface area (Å²) < 4.78 is 1.94. The number of halogens is 1. The first-order valence-electron chi connectivity index (χ1n) is 5.70. The van der Waals surface area contributed by atoms with Gasteiger partial charge in [-0.2, -0.15) is 5.10 Å². The molecule has 90 valence electrons.